The van der Waals surface area contributed by atoms with Crippen LogP contribution in [0.4, 0.5) is 0 Å². The number of hydrogen-bond donors (Lipinski definition) is 2. The van der Waals surface area contributed by atoms with Gasteiger partial charge in [-0.3, -0.25) is 18.7 Å². The van der Waals surface area contributed by atoms with E-state index < -0.39 is 40.0 Å². The van der Waals surface area contributed by atoms with Crippen molar-refractivity contribution in [2.45, 2.75) is 22.7 Å². The molecule has 2 N–H and O–H groups in total. The van der Waals surface area contributed by atoms with E-state index >= 15 is 0 Å². The Balaban J connectivity index is 1.67. The number of azide groups is 1. The Morgan fingerprint density at radius 1 is 1.50 bits per heavy atom. The number of amides is 2. The number of carbonyl (C=O) groups is 3. The first kappa shape index (κ1) is 20.3. The van der Waals surface area contributed by atoms with Crippen molar-refractivity contribution >= 4 is 51.7 Å². The van der Waals surface area contributed by atoms with Crippen LogP contribution in [0.3, 0.4) is 0 Å². The van der Waals surface area contributed by atoms with Crippen LogP contribution in [0.1, 0.15) is 5.01 Å². The summed E-state index contributed by atoms with van der Waals surface area (Å²) in [7, 11) is -1.68. The summed E-state index contributed by atoms with van der Waals surface area (Å²) in [6.07, 6.45) is 0. The molecule has 12 nitrogen and oxygen atoms in total. The number of β-lactam (4-membered cyclic amide) rings is 1. The van der Waals surface area contributed by atoms with E-state index in [-0.39, 0.29) is 28.1 Å². The largest absolute Gasteiger partial charge is 0.477 e. The van der Waals surface area contributed by atoms with Gasteiger partial charge in [0.2, 0.25) is 10.2 Å². The van der Waals surface area contributed by atoms with Gasteiger partial charge in [-0.1, -0.05) is 16.5 Å². The number of carbonyl (C=O) groups excluding carboxylic acids is 2. The predicted octanol–water partition coefficient (Wildman–Crippen LogP) is 0.00302. The smallest absolute Gasteiger partial charge is 0.352 e. The number of hydrogen-bond acceptors (Lipinski definition) is 9. The third kappa shape index (κ3) is 3.87. The molecule has 15 heteroatoms. The number of thioether (sulfide) groups is 1. The maximum absolute atomic E-state index is 12.4. The number of nitrogens with zero attached hydrogens (tertiary/aromatic N) is 6. The molecular weight excluding hydrogens is 430 g/mol. The van der Waals surface area contributed by atoms with E-state index in [2.05, 4.69) is 25.5 Å². The molecule has 1 saturated heterocycles. The number of rotatable bonds is 7. The standard InChI is InChI=1S/C13H13N7O5S3/c1-5-17-18-13(27-5)28(25)4-7(21)16-8-10(22)20-9(12(23)24)6(2-15-19-14)3-26-11(8)20/h8,11H,2-4H2,1H3,(H,16,21)(H,23,24)/t8?,11-,28?/m0/s1. The number of aryl methyl sites for hydroxylation is 1. The van der Waals surface area contributed by atoms with E-state index in [1.54, 1.807) is 6.92 Å². The summed E-state index contributed by atoms with van der Waals surface area (Å²) in [6.45, 7) is 1.54. The van der Waals surface area contributed by atoms with Gasteiger partial charge in [-0.15, -0.1) is 22.0 Å². The first-order valence-corrected chi connectivity index (χ1v) is 10.9. The molecule has 1 fully saturated rings. The molecule has 0 spiro atoms. The molecule has 0 aromatic carbocycles. The van der Waals surface area contributed by atoms with E-state index in [4.69, 9.17) is 5.53 Å². The molecule has 1 aromatic heterocycles. The minimum atomic E-state index is -1.68. The van der Waals surface area contributed by atoms with Gasteiger partial charge in [0.25, 0.3) is 5.91 Å². The average molecular weight is 443 g/mol. The van der Waals surface area contributed by atoms with Crippen LogP contribution >= 0.6 is 23.1 Å². The third-order valence-corrected chi connectivity index (χ3v) is 7.63. The lowest BCUT2D eigenvalue weighted by atomic mass is 10.0. The highest BCUT2D eigenvalue weighted by Crippen LogP contribution is 2.40. The topological polar surface area (TPSA) is 178 Å². The van der Waals surface area contributed by atoms with Crippen LogP contribution in [0, 0.1) is 6.92 Å². The molecule has 2 aliphatic rings. The first-order valence-electron chi connectivity index (χ1n) is 7.72. The SMILES string of the molecule is Cc1nnc(S(=O)CC(=O)NC2C(=O)N3C(C(=O)O)=C(CN=[N+]=[N-])CS[C@@H]23)s1. The molecule has 1 aromatic rings. The van der Waals surface area contributed by atoms with E-state index in [0.717, 1.165) is 16.2 Å². The Bertz CT molecular complexity index is 954. The van der Waals surface area contributed by atoms with Gasteiger partial charge in [0.1, 0.15) is 27.9 Å². The lowest BCUT2D eigenvalue weighted by molar-refractivity contribution is -0.150. The van der Waals surface area contributed by atoms with Gasteiger partial charge in [0, 0.05) is 10.7 Å². The lowest BCUT2D eigenvalue weighted by Crippen LogP contribution is -2.70. The quantitative estimate of drug-likeness (QED) is 0.256. The Morgan fingerprint density at radius 2 is 2.25 bits per heavy atom. The lowest BCUT2D eigenvalue weighted by Gasteiger charge is -2.49. The normalized spacial score (nSPS) is 22.0. The van der Waals surface area contributed by atoms with E-state index in [9.17, 15) is 23.7 Å². The van der Waals surface area contributed by atoms with Crippen LogP contribution in [0.5, 0.6) is 0 Å². The number of nitrogens with one attached hydrogen (secondary N) is 1. The molecule has 3 atom stereocenters. The van der Waals surface area contributed by atoms with Crippen molar-refractivity contribution in [3.8, 4) is 0 Å². The highest BCUT2D eigenvalue weighted by atomic mass is 32.2. The van der Waals surface area contributed by atoms with Crippen LogP contribution in [-0.2, 0) is 25.2 Å². The zero-order valence-electron chi connectivity index (χ0n) is 14.3. The summed E-state index contributed by atoms with van der Waals surface area (Å²) in [5.41, 5.74) is 8.53. The van der Waals surface area contributed by atoms with Crippen LogP contribution < -0.4 is 5.32 Å². The molecule has 0 aliphatic carbocycles. The average Bonchev–Trinajstić information content (AvgIpc) is 3.09. The summed E-state index contributed by atoms with van der Waals surface area (Å²) < 4.78 is 12.4. The highest BCUT2D eigenvalue weighted by molar-refractivity contribution is 8.00. The maximum Gasteiger partial charge on any atom is 0.352 e. The summed E-state index contributed by atoms with van der Waals surface area (Å²) in [5, 5.41) is 22.8. The summed E-state index contributed by atoms with van der Waals surface area (Å²) in [6, 6.07) is -0.916. The molecule has 0 bridgehead atoms. The van der Waals surface area contributed by atoms with Crippen LogP contribution in [0.25, 0.3) is 10.4 Å². The summed E-state index contributed by atoms with van der Waals surface area (Å²) >= 11 is 2.37. The van der Waals surface area contributed by atoms with E-state index in [1.807, 2.05) is 0 Å². The minimum absolute atomic E-state index is 0.154. The monoisotopic (exact) mass is 443 g/mol. The van der Waals surface area contributed by atoms with Crippen LogP contribution in [-0.4, -0.2) is 71.7 Å². The fourth-order valence-electron chi connectivity index (χ4n) is 2.69. The number of fused-ring (bicyclic) bond motifs is 1. The zero-order valence-corrected chi connectivity index (χ0v) is 16.7. The van der Waals surface area contributed by atoms with Gasteiger partial charge in [0.05, 0.1) is 17.3 Å². The van der Waals surface area contributed by atoms with Crippen molar-refractivity contribution in [1.82, 2.24) is 20.4 Å². The molecule has 3 heterocycles. The third-order valence-electron chi connectivity index (χ3n) is 3.86. The second-order valence-electron chi connectivity index (χ2n) is 5.68. The van der Waals surface area contributed by atoms with Crippen molar-refractivity contribution in [2.75, 3.05) is 18.1 Å². The van der Waals surface area contributed by atoms with E-state index in [0.29, 0.717) is 10.6 Å². The van der Waals surface area contributed by atoms with Gasteiger partial charge >= 0.3 is 5.97 Å². The van der Waals surface area contributed by atoms with Crippen LogP contribution in [0.15, 0.2) is 20.7 Å². The second-order valence-corrected chi connectivity index (χ2v) is 9.59. The van der Waals surface area contributed by atoms with Crippen LogP contribution in [0.2, 0.25) is 0 Å². The van der Waals surface area contributed by atoms with Crippen molar-refractivity contribution in [3.05, 3.63) is 26.7 Å². The molecule has 2 unspecified atom stereocenters. The Labute approximate surface area is 168 Å². The Hall–Kier alpha value is -2.48. The number of carboxylic acid groups (broad SMARTS) is 1. The molecule has 148 valence electrons. The molecule has 0 saturated carbocycles. The predicted molar refractivity (Wildman–Crippen MR) is 99.6 cm³/mol. The number of aromatic nitrogens is 2. The van der Waals surface area contributed by atoms with Gasteiger partial charge in [0.15, 0.2) is 0 Å². The van der Waals surface area contributed by atoms with Gasteiger partial charge < -0.3 is 10.4 Å². The Morgan fingerprint density at radius 3 is 2.86 bits per heavy atom. The van der Waals surface area contributed by atoms with Gasteiger partial charge in [-0.25, -0.2) is 4.79 Å². The number of aliphatic carboxylic acids is 1. The first-order chi connectivity index (χ1) is 13.3. The molecule has 28 heavy (non-hydrogen) atoms. The molecule has 0 radical (unpaired) electrons. The van der Waals surface area contributed by atoms with Crippen molar-refractivity contribution in [2.24, 2.45) is 5.11 Å². The molecule has 2 aliphatic heterocycles. The molecular formula is C13H13N7O5S3. The van der Waals surface area contributed by atoms with Gasteiger partial charge in [-0.05, 0) is 18.0 Å². The number of carboxylic acids is 1. The van der Waals surface area contributed by atoms with E-state index in [1.165, 1.54) is 11.8 Å². The maximum atomic E-state index is 12.4. The molecule has 3 rings (SSSR count). The summed E-state index contributed by atoms with van der Waals surface area (Å²) in [4.78, 5) is 39.8. The fourth-order valence-corrected chi connectivity index (χ4v) is 5.93. The van der Waals surface area contributed by atoms with Crippen molar-refractivity contribution in [3.63, 3.8) is 0 Å². The zero-order chi connectivity index (χ0) is 20.4. The van der Waals surface area contributed by atoms with Gasteiger partial charge in [-0.2, -0.15) is 0 Å². The minimum Gasteiger partial charge on any atom is -0.477 e. The molecule has 2 amide bonds. The second kappa shape index (κ2) is 8.26. The highest BCUT2D eigenvalue weighted by Gasteiger charge is 2.54. The van der Waals surface area contributed by atoms with Crippen molar-refractivity contribution in [1.29, 1.82) is 0 Å². The summed E-state index contributed by atoms with van der Waals surface area (Å²) in [5.74, 6) is -2.62. The van der Waals surface area contributed by atoms with Crippen molar-refractivity contribution < 1.29 is 23.7 Å². The fraction of sp³-hybridized carbons (Fsp3) is 0.462. The Kier molecular flexibility index (Phi) is 5.98.